The molecule has 1 unspecified atom stereocenters. The molecular formula is C12H17N3O3. The van der Waals surface area contributed by atoms with E-state index in [0.29, 0.717) is 6.61 Å². The number of hydrogen-bond acceptors (Lipinski definition) is 5. The predicted octanol–water partition coefficient (Wildman–Crippen LogP) is 2.16. The van der Waals surface area contributed by atoms with Crippen LogP contribution in [0.4, 0.5) is 17.1 Å². The van der Waals surface area contributed by atoms with E-state index in [9.17, 15) is 10.1 Å². The van der Waals surface area contributed by atoms with Gasteiger partial charge in [0.2, 0.25) is 0 Å². The van der Waals surface area contributed by atoms with Crippen molar-refractivity contribution < 1.29 is 9.66 Å². The molecule has 0 spiro atoms. The quantitative estimate of drug-likeness (QED) is 0.488. The van der Waals surface area contributed by atoms with Crippen LogP contribution in [-0.2, 0) is 4.74 Å². The normalized spacial score (nSPS) is 23.6. The number of rotatable bonds is 3. The lowest BCUT2D eigenvalue weighted by atomic mass is 9.94. The summed E-state index contributed by atoms with van der Waals surface area (Å²) in [7, 11) is 0. The van der Waals surface area contributed by atoms with Crippen molar-refractivity contribution in [1.29, 1.82) is 0 Å². The molecule has 2 rings (SSSR count). The Morgan fingerprint density at radius 2 is 2.33 bits per heavy atom. The SMILES string of the molecule is CC1(Nc2ccc([N+](=O)[O-])c(N)c2)CCCOC1. The molecule has 1 heterocycles. The highest BCUT2D eigenvalue weighted by molar-refractivity contribution is 5.66. The number of ether oxygens (including phenoxy) is 1. The maximum atomic E-state index is 10.7. The number of nitrogen functional groups attached to an aromatic ring is 1. The third-order valence-corrected chi connectivity index (χ3v) is 3.11. The first-order chi connectivity index (χ1) is 8.50. The first kappa shape index (κ1) is 12.6. The van der Waals surface area contributed by atoms with Crippen molar-refractivity contribution in [2.45, 2.75) is 25.3 Å². The number of benzene rings is 1. The van der Waals surface area contributed by atoms with Gasteiger partial charge in [-0.2, -0.15) is 0 Å². The van der Waals surface area contributed by atoms with Crippen molar-refractivity contribution in [2.75, 3.05) is 24.3 Å². The van der Waals surface area contributed by atoms with Crippen LogP contribution in [0.3, 0.4) is 0 Å². The van der Waals surface area contributed by atoms with Gasteiger partial charge in [-0.15, -0.1) is 0 Å². The third-order valence-electron chi connectivity index (χ3n) is 3.11. The Kier molecular flexibility index (Phi) is 3.38. The molecule has 0 bridgehead atoms. The van der Waals surface area contributed by atoms with Crippen LogP contribution in [0.1, 0.15) is 19.8 Å². The van der Waals surface area contributed by atoms with Crippen LogP contribution in [0.15, 0.2) is 18.2 Å². The standard InChI is InChI=1S/C12H17N3O3/c1-12(5-2-6-18-8-12)14-9-3-4-11(15(16)17)10(13)7-9/h3-4,7,14H,2,5-6,8,13H2,1H3. The number of nitrogens with zero attached hydrogens (tertiary/aromatic N) is 1. The van der Waals surface area contributed by atoms with Crippen molar-refractivity contribution in [1.82, 2.24) is 0 Å². The van der Waals surface area contributed by atoms with Gasteiger partial charge < -0.3 is 15.8 Å². The summed E-state index contributed by atoms with van der Waals surface area (Å²) in [4.78, 5) is 10.2. The second-order valence-corrected chi connectivity index (χ2v) is 4.87. The first-order valence-corrected chi connectivity index (χ1v) is 5.90. The van der Waals surface area contributed by atoms with Gasteiger partial charge in [0, 0.05) is 18.4 Å². The van der Waals surface area contributed by atoms with Gasteiger partial charge in [0.1, 0.15) is 5.69 Å². The Labute approximate surface area is 105 Å². The summed E-state index contributed by atoms with van der Waals surface area (Å²) in [6.45, 7) is 3.49. The molecule has 1 fully saturated rings. The second-order valence-electron chi connectivity index (χ2n) is 4.87. The summed E-state index contributed by atoms with van der Waals surface area (Å²) in [6.07, 6.45) is 2.01. The topological polar surface area (TPSA) is 90.4 Å². The van der Waals surface area contributed by atoms with Gasteiger partial charge in [0.05, 0.1) is 17.1 Å². The second kappa shape index (κ2) is 4.81. The van der Waals surface area contributed by atoms with Crippen LogP contribution in [0.2, 0.25) is 0 Å². The molecule has 0 radical (unpaired) electrons. The highest BCUT2D eigenvalue weighted by Gasteiger charge is 2.27. The molecule has 1 aliphatic rings. The highest BCUT2D eigenvalue weighted by atomic mass is 16.6. The molecule has 1 aromatic rings. The van der Waals surface area contributed by atoms with Crippen LogP contribution >= 0.6 is 0 Å². The average Bonchev–Trinajstić information content (AvgIpc) is 2.28. The zero-order valence-corrected chi connectivity index (χ0v) is 10.3. The van der Waals surface area contributed by atoms with E-state index in [1.54, 1.807) is 12.1 Å². The van der Waals surface area contributed by atoms with Crippen molar-refractivity contribution in [3.8, 4) is 0 Å². The molecule has 1 atom stereocenters. The Morgan fingerprint density at radius 1 is 1.56 bits per heavy atom. The summed E-state index contributed by atoms with van der Waals surface area (Å²) >= 11 is 0. The van der Waals surface area contributed by atoms with E-state index in [0.717, 1.165) is 25.1 Å². The molecule has 1 aliphatic heterocycles. The summed E-state index contributed by atoms with van der Waals surface area (Å²) in [5.41, 5.74) is 6.41. The van der Waals surface area contributed by atoms with Gasteiger partial charge in [0.25, 0.3) is 5.69 Å². The molecule has 1 aromatic carbocycles. The molecule has 18 heavy (non-hydrogen) atoms. The molecule has 0 saturated carbocycles. The van der Waals surface area contributed by atoms with E-state index in [4.69, 9.17) is 10.5 Å². The number of nitro benzene ring substituents is 1. The minimum Gasteiger partial charge on any atom is -0.393 e. The van der Waals surface area contributed by atoms with E-state index in [2.05, 4.69) is 12.2 Å². The van der Waals surface area contributed by atoms with Crippen molar-refractivity contribution >= 4 is 17.1 Å². The minimum atomic E-state index is -0.482. The van der Waals surface area contributed by atoms with Gasteiger partial charge in [-0.25, -0.2) is 0 Å². The van der Waals surface area contributed by atoms with Gasteiger partial charge in [-0.05, 0) is 31.9 Å². The van der Waals surface area contributed by atoms with Crippen LogP contribution in [-0.4, -0.2) is 23.7 Å². The smallest absolute Gasteiger partial charge is 0.292 e. The fourth-order valence-corrected chi connectivity index (χ4v) is 2.18. The first-order valence-electron chi connectivity index (χ1n) is 5.90. The monoisotopic (exact) mass is 251 g/mol. The van der Waals surface area contributed by atoms with E-state index in [1.165, 1.54) is 6.07 Å². The molecular weight excluding hydrogens is 234 g/mol. The number of nitrogens with two attached hydrogens (primary N) is 1. The summed E-state index contributed by atoms with van der Waals surface area (Å²) in [5.74, 6) is 0. The number of anilines is 2. The zero-order valence-electron chi connectivity index (χ0n) is 10.3. The number of nitrogens with one attached hydrogen (secondary N) is 1. The van der Waals surface area contributed by atoms with Gasteiger partial charge in [0.15, 0.2) is 0 Å². The van der Waals surface area contributed by atoms with Gasteiger partial charge in [-0.3, -0.25) is 10.1 Å². The molecule has 0 aromatic heterocycles. The Morgan fingerprint density at radius 3 is 2.89 bits per heavy atom. The Balaban J connectivity index is 2.14. The van der Waals surface area contributed by atoms with Crippen molar-refractivity contribution in [3.05, 3.63) is 28.3 Å². The third kappa shape index (κ3) is 2.70. The fraction of sp³-hybridized carbons (Fsp3) is 0.500. The molecule has 98 valence electrons. The zero-order chi connectivity index (χ0) is 13.2. The molecule has 0 amide bonds. The minimum absolute atomic E-state index is 0.0643. The predicted molar refractivity (Wildman–Crippen MR) is 69.6 cm³/mol. The van der Waals surface area contributed by atoms with Crippen LogP contribution in [0.25, 0.3) is 0 Å². The van der Waals surface area contributed by atoms with E-state index < -0.39 is 4.92 Å². The van der Waals surface area contributed by atoms with E-state index in [-0.39, 0.29) is 16.9 Å². The van der Waals surface area contributed by atoms with Crippen LogP contribution < -0.4 is 11.1 Å². The van der Waals surface area contributed by atoms with Crippen LogP contribution in [0.5, 0.6) is 0 Å². The van der Waals surface area contributed by atoms with E-state index >= 15 is 0 Å². The molecule has 6 heteroatoms. The molecule has 3 N–H and O–H groups in total. The maximum absolute atomic E-state index is 10.7. The van der Waals surface area contributed by atoms with Crippen LogP contribution in [0, 0.1) is 10.1 Å². The fourth-order valence-electron chi connectivity index (χ4n) is 2.18. The maximum Gasteiger partial charge on any atom is 0.292 e. The Bertz CT molecular complexity index is 456. The Hall–Kier alpha value is -1.82. The molecule has 6 nitrogen and oxygen atoms in total. The number of nitro groups is 1. The molecule has 0 aliphatic carbocycles. The summed E-state index contributed by atoms with van der Waals surface area (Å²) in [6, 6.07) is 4.69. The summed E-state index contributed by atoms with van der Waals surface area (Å²) < 4.78 is 5.45. The lowest BCUT2D eigenvalue weighted by Crippen LogP contribution is -2.43. The summed E-state index contributed by atoms with van der Waals surface area (Å²) in [5, 5.41) is 14.0. The average molecular weight is 251 g/mol. The lowest BCUT2D eigenvalue weighted by molar-refractivity contribution is -0.383. The lowest BCUT2D eigenvalue weighted by Gasteiger charge is -2.35. The van der Waals surface area contributed by atoms with Crippen molar-refractivity contribution in [3.63, 3.8) is 0 Å². The van der Waals surface area contributed by atoms with Crippen molar-refractivity contribution in [2.24, 2.45) is 0 Å². The van der Waals surface area contributed by atoms with E-state index in [1.807, 2.05) is 0 Å². The largest absolute Gasteiger partial charge is 0.393 e. The van der Waals surface area contributed by atoms with Gasteiger partial charge >= 0.3 is 0 Å². The number of hydrogen-bond donors (Lipinski definition) is 2. The van der Waals surface area contributed by atoms with Gasteiger partial charge in [-0.1, -0.05) is 0 Å². The molecule has 1 saturated heterocycles. The highest BCUT2D eigenvalue weighted by Crippen LogP contribution is 2.29.